The van der Waals surface area contributed by atoms with Gasteiger partial charge in [-0.1, -0.05) is 36.4 Å². The molecule has 29 heavy (non-hydrogen) atoms. The number of ether oxygens (including phenoxy) is 2. The van der Waals surface area contributed by atoms with E-state index in [0.29, 0.717) is 0 Å². The number of piperidine rings is 1. The van der Waals surface area contributed by atoms with Crippen molar-refractivity contribution < 1.29 is 14.3 Å². The van der Waals surface area contributed by atoms with Crippen LogP contribution in [0.4, 0.5) is 10.5 Å². The molecule has 2 atom stereocenters. The molecule has 156 valence electrons. The third-order valence-corrected chi connectivity index (χ3v) is 4.91. The number of carbonyl (C=O) groups is 1. The van der Waals surface area contributed by atoms with Crippen LogP contribution >= 0.6 is 0 Å². The number of nitrogens with one attached hydrogen (secondary N) is 1. The molecular formula is C24H32N2O3. The summed E-state index contributed by atoms with van der Waals surface area (Å²) in [7, 11) is 0. The van der Waals surface area contributed by atoms with Crippen LogP contribution in [0.15, 0.2) is 54.6 Å². The van der Waals surface area contributed by atoms with E-state index in [0.717, 1.165) is 42.9 Å². The number of alkyl carbamates (subject to hydrolysis) is 1. The second-order valence-electron chi connectivity index (χ2n) is 8.60. The normalized spacial score (nSPS) is 18.1. The Labute approximate surface area is 174 Å². The van der Waals surface area contributed by atoms with Gasteiger partial charge in [0.25, 0.3) is 0 Å². The standard InChI is InChI=1S/C24H32N2O3/c1-18(19-10-6-5-7-11-19)28-22-14-8-13-21(16-22)26-15-9-12-20(17-26)25-23(27)29-24(2,3)4/h5-8,10-11,13-14,16,18,20H,9,12,15,17H2,1-4H3,(H,25,27)/t18-,20+/m1/s1. The summed E-state index contributed by atoms with van der Waals surface area (Å²) < 4.78 is 11.6. The Kier molecular flexibility index (Phi) is 6.68. The zero-order valence-corrected chi connectivity index (χ0v) is 17.9. The summed E-state index contributed by atoms with van der Waals surface area (Å²) in [4.78, 5) is 14.4. The van der Waals surface area contributed by atoms with Crippen molar-refractivity contribution in [1.29, 1.82) is 0 Å². The number of hydrogen-bond acceptors (Lipinski definition) is 4. The summed E-state index contributed by atoms with van der Waals surface area (Å²) >= 11 is 0. The Balaban J connectivity index is 1.61. The van der Waals surface area contributed by atoms with E-state index in [1.165, 1.54) is 0 Å². The van der Waals surface area contributed by atoms with Crippen LogP contribution in [0.25, 0.3) is 0 Å². The van der Waals surface area contributed by atoms with Gasteiger partial charge in [-0.15, -0.1) is 0 Å². The van der Waals surface area contributed by atoms with Crippen LogP contribution in [0.2, 0.25) is 0 Å². The van der Waals surface area contributed by atoms with Crippen LogP contribution in [0.5, 0.6) is 5.75 Å². The summed E-state index contributed by atoms with van der Waals surface area (Å²) in [6, 6.07) is 18.5. The maximum absolute atomic E-state index is 12.1. The molecule has 5 nitrogen and oxygen atoms in total. The predicted octanol–water partition coefficient (Wildman–Crippen LogP) is 5.32. The van der Waals surface area contributed by atoms with Crippen LogP contribution < -0.4 is 15.0 Å². The lowest BCUT2D eigenvalue weighted by atomic mass is 10.0. The van der Waals surface area contributed by atoms with Gasteiger partial charge in [-0.25, -0.2) is 4.79 Å². The number of benzene rings is 2. The molecule has 2 aromatic carbocycles. The summed E-state index contributed by atoms with van der Waals surface area (Å²) in [6.45, 7) is 9.41. The molecule has 0 spiro atoms. The molecule has 3 rings (SSSR count). The van der Waals surface area contributed by atoms with E-state index in [2.05, 4.69) is 41.4 Å². The Morgan fingerprint density at radius 1 is 1.14 bits per heavy atom. The third kappa shape index (κ3) is 6.41. The van der Waals surface area contributed by atoms with Crippen molar-refractivity contribution >= 4 is 11.8 Å². The Bertz CT molecular complexity index is 801. The molecule has 1 amide bonds. The van der Waals surface area contributed by atoms with Crippen LogP contribution in [-0.2, 0) is 4.74 Å². The molecular weight excluding hydrogens is 364 g/mol. The molecule has 0 aromatic heterocycles. The number of anilines is 1. The Morgan fingerprint density at radius 2 is 1.90 bits per heavy atom. The highest BCUT2D eigenvalue weighted by Gasteiger charge is 2.24. The van der Waals surface area contributed by atoms with Crippen molar-refractivity contribution in [1.82, 2.24) is 5.32 Å². The summed E-state index contributed by atoms with van der Waals surface area (Å²) in [5, 5.41) is 3.01. The molecule has 0 saturated carbocycles. The summed E-state index contributed by atoms with van der Waals surface area (Å²) in [6.07, 6.45) is 1.61. The second-order valence-corrected chi connectivity index (χ2v) is 8.60. The van der Waals surface area contributed by atoms with Crippen molar-refractivity contribution in [2.24, 2.45) is 0 Å². The topological polar surface area (TPSA) is 50.8 Å². The Hall–Kier alpha value is -2.69. The van der Waals surface area contributed by atoms with Crippen LogP contribution in [-0.4, -0.2) is 30.8 Å². The molecule has 1 aliphatic heterocycles. The van der Waals surface area contributed by atoms with Gasteiger partial charge in [0.2, 0.25) is 0 Å². The molecule has 1 N–H and O–H groups in total. The fourth-order valence-corrected chi connectivity index (χ4v) is 3.55. The van der Waals surface area contributed by atoms with Crippen molar-refractivity contribution in [3.8, 4) is 5.75 Å². The summed E-state index contributed by atoms with van der Waals surface area (Å²) in [5.74, 6) is 0.848. The number of nitrogens with zero attached hydrogens (tertiary/aromatic N) is 1. The van der Waals surface area contributed by atoms with Gasteiger partial charge in [0.15, 0.2) is 0 Å². The van der Waals surface area contributed by atoms with E-state index >= 15 is 0 Å². The first kappa shape index (κ1) is 21.0. The molecule has 1 saturated heterocycles. The zero-order valence-electron chi connectivity index (χ0n) is 17.9. The number of hydrogen-bond donors (Lipinski definition) is 1. The number of rotatable bonds is 5. The molecule has 0 radical (unpaired) electrons. The van der Waals surface area contributed by atoms with Gasteiger partial charge in [-0.05, 0) is 58.2 Å². The van der Waals surface area contributed by atoms with Gasteiger partial charge in [0.1, 0.15) is 17.5 Å². The third-order valence-electron chi connectivity index (χ3n) is 4.91. The van der Waals surface area contributed by atoms with E-state index < -0.39 is 5.60 Å². The highest BCUT2D eigenvalue weighted by molar-refractivity contribution is 5.68. The molecule has 2 aromatic rings. The van der Waals surface area contributed by atoms with Gasteiger partial charge in [0, 0.05) is 30.9 Å². The minimum Gasteiger partial charge on any atom is -0.486 e. The molecule has 0 aliphatic carbocycles. The van der Waals surface area contributed by atoms with Crippen molar-refractivity contribution in [3.63, 3.8) is 0 Å². The Morgan fingerprint density at radius 3 is 2.62 bits per heavy atom. The fraction of sp³-hybridized carbons (Fsp3) is 0.458. The lowest BCUT2D eigenvalue weighted by Gasteiger charge is -2.35. The van der Waals surface area contributed by atoms with Crippen LogP contribution in [0, 0.1) is 0 Å². The average molecular weight is 397 g/mol. The maximum Gasteiger partial charge on any atom is 0.407 e. The van der Waals surface area contributed by atoms with Crippen molar-refractivity contribution in [3.05, 3.63) is 60.2 Å². The molecule has 1 heterocycles. The first-order valence-corrected chi connectivity index (χ1v) is 10.4. The molecule has 0 unspecified atom stereocenters. The fourth-order valence-electron chi connectivity index (χ4n) is 3.55. The lowest BCUT2D eigenvalue weighted by Crippen LogP contribution is -2.49. The van der Waals surface area contributed by atoms with E-state index in [1.54, 1.807) is 0 Å². The molecule has 1 aliphatic rings. The van der Waals surface area contributed by atoms with E-state index in [-0.39, 0.29) is 18.2 Å². The first-order valence-electron chi connectivity index (χ1n) is 10.4. The van der Waals surface area contributed by atoms with Gasteiger partial charge in [-0.2, -0.15) is 0 Å². The minimum atomic E-state index is -0.487. The summed E-state index contributed by atoms with van der Waals surface area (Å²) in [5.41, 5.74) is 1.77. The molecule has 0 bridgehead atoms. The quantitative estimate of drug-likeness (QED) is 0.743. The van der Waals surface area contributed by atoms with Crippen LogP contribution in [0.3, 0.4) is 0 Å². The number of carbonyl (C=O) groups excluding carboxylic acids is 1. The highest BCUT2D eigenvalue weighted by Crippen LogP contribution is 2.27. The van der Waals surface area contributed by atoms with Gasteiger partial charge >= 0.3 is 6.09 Å². The van der Waals surface area contributed by atoms with E-state index in [9.17, 15) is 4.79 Å². The monoisotopic (exact) mass is 396 g/mol. The van der Waals surface area contributed by atoms with Crippen LogP contribution in [0.1, 0.15) is 52.2 Å². The minimum absolute atomic E-state index is 0.0191. The first-order chi connectivity index (χ1) is 13.8. The zero-order chi connectivity index (χ0) is 20.9. The second kappa shape index (κ2) is 9.21. The smallest absolute Gasteiger partial charge is 0.407 e. The highest BCUT2D eigenvalue weighted by atomic mass is 16.6. The van der Waals surface area contributed by atoms with Gasteiger partial charge in [0.05, 0.1) is 0 Å². The molecule has 1 fully saturated rings. The van der Waals surface area contributed by atoms with E-state index in [4.69, 9.17) is 9.47 Å². The largest absolute Gasteiger partial charge is 0.486 e. The number of amides is 1. The maximum atomic E-state index is 12.1. The van der Waals surface area contributed by atoms with Gasteiger partial charge in [-0.3, -0.25) is 0 Å². The predicted molar refractivity (Wildman–Crippen MR) is 117 cm³/mol. The SMILES string of the molecule is C[C@@H](Oc1cccc(N2CCC[C@H](NC(=O)OC(C)(C)C)C2)c1)c1ccccc1. The molecule has 5 heteroatoms. The van der Waals surface area contributed by atoms with Gasteiger partial charge < -0.3 is 19.7 Å². The van der Waals surface area contributed by atoms with E-state index in [1.807, 2.05) is 51.1 Å². The van der Waals surface area contributed by atoms with Crippen molar-refractivity contribution in [2.75, 3.05) is 18.0 Å². The average Bonchev–Trinajstić information content (AvgIpc) is 2.67. The lowest BCUT2D eigenvalue weighted by molar-refractivity contribution is 0.0500. The van der Waals surface area contributed by atoms with Crippen molar-refractivity contribution in [2.45, 2.75) is 58.3 Å².